The molecule has 1 aliphatic heterocycles. The standard InChI is InChI=1S/C21H37N7O.HI/c1-17-25-26-19(27(17)2)16-23-21(24-18-10-5-3-6-11-18)22-13-9-15-28-14-8-4-7-12-20(28)29;/h18H,3-16H2,1-2H3,(H2,22,23,24);1H. The summed E-state index contributed by atoms with van der Waals surface area (Å²) in [5.41, 5.74) is 0. The summed E-state index contributed by atoms with van der Waals surface area (Å²) in [5.74, 6) is 2.92. The molecule has 1 aliphatic carbocycles. The second-order valence-corrected chi connectivity index (χ2v) is 8.34. The van der Waals surface area contributed by atoms with Crippen molar-refractivity contribution in [2.45, 2.75) is 83.7 Å². The molecule has 1 aromatic rings. The number of carbonyl (C=O) groups excluding carboxylic acids is 1. The molecule has 0 aromatic carbocycles. The van der Waals surface area contributed by atoms with Gasteiger partial charge in [-0.2, -0.15) is 0 Å². The molecule has 0 spiro atoms. The smallest absolute Gasteiger partial charge is 0.222 e. The van der Waals surface area contributed by atoms with Crippen LogP contribution in [0.3, 0.4) is 0 Å². The molecule has 2 aliphatic rings. The van der Waals surface area contributed by atoms with E-state index in [0.717, 1.165) is 56.5 Å². The van der Waals surface area contributed by atoms with Gasteiger partial charge in [0.05, 0.1) is 0 Å². The average Bonchev–Trinajstić information content (AvgIpc) is 2.91. The Kier molecular flexibility index (Phi) is 10.9. The minimum atomic E-state index is 0. The third-order valence-corrected chi connectivity index (χ3v) is 6.08. The molecular weight excluding hydrogens is 493 g/mol. The second-order valence-electron chi connectivity index (χ2n) is 8.34. The maximum absolute atomic E-state index is 12.2. The van der Waals surface area contributed by atoms with Gasteiger partial charge in [-0.25, -0.2) is 4.99 Å². The van der Waals surface area contributed by atoms with Crippen LogP contribution >= 0.6 is 24.0 Å². The Bertz CT molecular complexity index is 685. The Morgan fingerprint density at radius 2 is 1.90 bits per heavy atom. The van der Waals surface area contributed by atoms with Crippen LogP contribution in [0.5, 0.6) is 0 Å². The SMILES string of the molecule is Cc1nnc(CN=C(NCCCN2CCCCCC2=O)NC2CCCCC2)n1C.I. The number of hydrogen-bond acceptors (Lipinski definition) is 4. The largest absolute Gasteiger partial charge is 0.356 e. The molecule has 9 heteroatoms. The zero-order chi connectivity index (χ0) is 20.5. The molecule has 2 heterocycles. The van der Waals surface area contributed by atoms with Crippen LogP contribution in [-0.2, 0) is 18.4 Å². The van der Waals surface area contributed by atoms with Crippen LogP contribution in [0.25, 0.3) is 0 Å². The van der Waals surface area contributed by atoms with Gasteiger partial charge in [0.25, 0.3) is 0 Å². The molecule has 8 nitrogen and oxygen atoms in total. The Hall–Kier alpha value is -1.39. The van der Waals surface area contributed by atoms with Gasteiger partial charge >= 0.3 is 0 Å². The molecule has 170 valence electrons. The number of guanidine groups is 1. The minimum Gasteiger partial charge on any atom is -0.356 e. The topological polar surface area (TPSA) is 87.4 Å². The maximum Gasteiger partial charge on any atom is 0.222 e. The van der Waals surface area contributed by atoms with Crippen molar-refractivity contribution in [3.8, 4) is 0 Å². The van der Waals surface area contributed by atoms with E-state index in [1.165, 1.54) is 38.5 Å². The molecule has 0 radical (unpaired) electrons. The third-order valence-electron chi connectivity index (χ3n) is 6.08. The van der Waals surface area contributed by atoms with Crippen molar-refractivity contribution in [2.24, 2.45) is 12.0 Å². The number of amides is 1. The lowest BCUT2D eigenvalue weighted by Crippen LogP contribution is -2.45. The summed E-state index contributed by atoms with van der Waals surface area (Å²) in [5, 5.41) is 15.4. The van der Waals surface area contributed by atoms with Gasteiger partial charge in [-0.1, -0.05) is 25.7 Å². The zero-order valence-electron chi connectivity index (χ0n) is 18.5. The first-order valence-electron chi connectivity index (χ1n) is 11.3. The Morgan fingerprint density at radius 3 is 2.63 bits per heavy atom. The van der Waals surface area contributed by atoms with Crippen molar-refractivity contribution < 1.29 is 4.79 Å². The van der Waals surface area contributed by atoms with E-state index in [-0.39, 0.29) is 24.0 Å². The van der Waals surface area contributed by atoms with Gasteiger partial charge in [0.2, 0.25) is 5.91 Å². The van der Waals surface area contributed by atoms with Gasteiger partial charge in [-0.15, -0.1) is 34.2 Å². The van der Waals surface area contributed by atoms with Gasteiger partial charge in [0.15, 0.2) is 11.8 Å². The molecule has 0 bridgehead atoms. The van der Waals surface area contributed by atoms with E-state index in [0.29, 0.717) is 24.9 Å². The first-order chi connectivity index (χ1) is 14.1. The van der Waals surface area contributed by atoms with Gasteiger partial charge < -0.3 is 20.1 Å². The van der Waals surface area contributed by atoms with E-state index in [9.17, 15) is 4.79 Å². The van der Waals surface area contributed by atoms with Crippen molar-refractivity contribution in [1.82, 2.24) is 30.3 Å². The highest BCUT2D eigenvalue weighted by Crippen LogP contribution is 2.17. The molecule has 1 saturated carbocycles. The quantitative estimate of drug-likeness (QED) is 0.245. The van der Waals surface area contributed by atoms with E-state index < -0.39 is 0 Å². The van der Waals surface area contributed by atoms with Crippen molar-refractivity contribution >= 4 is 35.8 Å². The Labute approximate surface area is 197 Å². The van der Waals surface area contributed by atoms with E-state index >= 15 is 0 Å². The number of hydrogen-bond donors (Lipinski definition) is 2. The van der Waals surface area contributed by atoms with Crippen molar-refractivity contribution in [3.05, 3.63) is 11.6 Å². The maximum atomic E-state index is 12.2. The van der Waals surface area contributed by atoms with Crippen LogP contribution in [0.15, 0.2) is 4.99 Å². The lowest BCUT2D eigenvalue weighted by Gasteiger charge is -2.25. The summed E-state index contributed by atoms with van der Waals surface area (Å²) in [6.07, 6.45) is 11.3. The number of halogens is 1. The van der Waals surface area contributed by atoms with Crippen molar-refractivity contribution in [2.75, 3.05) is 19.6 Å². The zero-order valence-corrected chi connectivity index (χ0v) is 20.9. The number of carbonyl (C=O) groups is 1. The molecule has 3 rings (SSSR count). The predicted molar refractivity (Wildman–Crippen MR) is 130 cm³/mol. The van der Waals surface area contributed by atoms with Gasteiger partial charge in [-0.05, 0) is 39.0 Å². The lowest BCUT2D eigenvalue weighted by molar-refractivity contribution is -0.130. The number of likely N-dealkylation sites (tertiary alicyclic amines) is 1. The summed E-state index contributed by atoms with van der Waals surface area (Å²) in [7, 11) is 1.97. The Balaban J connectivity index is 0.00000320. The minimum absolute atomic E-state index is 0. The van der Waals surface area contributed by atoms with Crippen LogP contribution in [0, 0.1) is 6.92 Å². The van der Waals surface area contributed by atoms with E-state index in [1.807, 2.05) is 23.4 Å². The highest BCUT2D eigenvalue weighted by molar-refractivity contribution is 14.0. The van der Waals surface area contributed by atoms with E-state index in [1.54, 1.807) is 0 Å². The number of nitrogens with zero attached hydrogens (tertiary/aromatic N) is 5. The van der Waals surface area contributed by atoms with E-state index in [4.69, 9.17) is 4.99 Å². The molecular formula is C21H38IN7O. The molecule has 1 amide bonds. The monoisotopic (exact) mass is 531 g/mol. The molecule has 0 atom stereocenters. The molecule has 2 fully saturated rings. The first-order valence-corrected chi connectivity index (χ1v) is 11.3. The number of nitrogens with one attached hydrogen (secondary N) is 2. The molecule has 0 unspecified atom stereocenters. The number of aliphatic imine (C=N–C) groups is 1. The fourth-order valence-electron chi connectivity index (χ4n) is 4.08. The first kappa shape index (κ1) is 24.9. The van der Waals surface area contributed by atoms with Crippen LogP contribution < -0.4 is 10.6 Å². The third kappa shape index (κ3) is 7.70. The van der Waals surface area contributed by atoms with E-state index in [2.05, 4.69) is 20.8 Å². The van der Waals surface area contributed by atoms with Crippen LogP contribution in [0.2, 0.25) is 0 Å². The average molecular weight is 531 g/mol. The summed E-state index contributed by atoms with van der Waals surface area (Å²) < 4.78 is 1.98. The van der Waals surface area contributed by atoms with Crippen LogP contribution in [0.1, 0.15) is 75.9 Å². The van der Waals surface area contributed by atoms with Gasteiger partial charge in [0.1, 0.15) is 12.4 Å². The lowest BCUT2D eigenvalue weighted by atomic mass is 9.96. The highest BCUT2D eigenvalue weighted by Gasteiger charge is 2.17. The number of aromatic nitrogens is 3. The van der Waals surface area contributed by atoms with Crippen molar-refractivity contribution in [3.63, 3.8) is 0 Å². The normalized spacial score (nSPS) is 18.7. The summed E-state index contributed by atoms with van der Waals surface area (Å²) in [6, 6.07) is 0.489. The van der Waals surface area contributed by atoms with Crippen LogP contribution in [-0.4, -0.2) is 57.2 Å². The van der Waals surface area contributed by atoms with Gasteiger partial charge in [-0.3, -0.25) is 4.79 Å². The molecule has 30 heavy (non-hydrogen) atoms. The molecule has 1 saturated heterocycles. The number of rotatable bonds is 7. The number of aryl methyl sites for hydroxylation is 1. The summed E-state index contributed by atoms with van der Waals surface area (Å²) in [6.45, 7) is 4.99. The highest BCUT2D eigenvalue weighted by atomic mass is 127. The van der Waals surface area contributed by atoms with Crippen molar-refractivity contribution in [1.29, 1.82) is 0 Å². The second kappa shape index (κ2) is 13.1. The molecule has 2 N–H and O–H groups in total. The van der Waals surface area contributed by atoms with Gasteiger partial charge in [0, 0.05) is 39.1 Å². The summed E-state index contributed by atoms with van der Waals surface area (Å²) >= 11 is 0. The Morgan fingerprint density at radius 1 is 1.13 bits per heavy atom. The predicted octanol–water partition coefficient (Wildman–Crippen LogP) is 2.90. The molecule has 1 aromatic heterocycles. The summed E-state index contributed by atoms with van der Waals surface area (Å²) in [4.78, 5) is 18.9. The fraction of sp³-hybridized carbons (Fsp3) is 0.810. The fourth-order valence-corrected chi connectivity index (χ4v) is 4.08. The van der Waals surface area contributed by atoms with Crippen LogP contribution in [0.4, 0.5) is 0 Å².